The van der Waals surface area contributed by atoms with Gasteiger partial charge in [-0.15, -0.1) is 6.58 Å². The highest BCUT2D eigenvalue weighted by atomic mass is 127. The first-order chi connectivity index (χ1) is 23.4. The van der Waals surface area contributed by atoms with Gasteiger partial charge < -0.3 is 23.7 Å². The summed E-state index contributed by atoms with van der Waals surface area (Å²) in [5, 5.41) is 0. The van der Waals surface area contributed by atoms with Crippen LogP contribution in [0.4, 0.5) is 0 Å². The van der Waals surface area contributed by atoms with Crippen LogP contribution in [0.15, 0.2) is 104 Å². The molecule has 4 aromatic rings. The van der Waals surface area contributed by atoms with Crippen LogP contribution in [0.2, 0.25) is 0 Å². The summed E-state index contributed by atoms with van der Waals surface area (Å²) in [5.74, 6) is 5.03. The van der Waals surface area contributed by atoms with Crippen molar-refractivity contribution in [1.82, 2.24) is 0 Å². The Kier molecular flexibility index (Phi) is 14.2. The maximum absolute atomic E-state index is 12.9. The molecule has 0 fully saturated rings. The highest BCUT2D eigenvalue weighted by molar-refractivity contribution is 14.1. The predicted molar refractivity (Wildman–Crippen MR) is 191 cm³/mol. The fraction of sp³-hybridized carbons (Fsp3) is 0.205. The zero-order valence-corrected chi connectivity index (χ0v) is 28.7. The average molecular weight is 759 g/mol. The maximum atomic E-state index is 12.9. The standard InChI is InChI=1S/C39H35IO8/c1-3-24-45-25-6-4-5-7-26-46-33-20-12-29(13-21-33)9-8-28-10-14-30(15-11-28)37(41)47-34-22-23-36(35(27-34)39(43)44-2)48-38(42)31-16-18-32(40)19-17-31/h3,10-23,27H,1,4-7,24-26H2,2H3. The Hall–Kier alpha value is -4.92. The van der Waals surface area contributed by atoms with Gasteiger partial charge in [0.1, 0.15) is 22.8 Å². The van der Waals surface area contributed by atoms with E-state index in [9.17, 15) is 14.4 Å². The van der Waals surface area contributed by atoms with E-state index in [1.165, 1.54) is 25.3 Å². The Morgan fingerprint density at radius 3 is 1.88 bits per heavy atom. The number of hydrogen-bond donors (Lipinski definition) is 0. The summed E-state index contributed by atoms with van der Waals surface area (Å²) in [5.41, 5.74) is 2.09. The summed E-state index contributed by atoms with van der Waals surface area (Å²) in [6, 6.07) is 25.1. The van der Waals surface area contributed by atoms with Crippen LogP contribution in [0.1, 0.15) is 67.9 Å². The second-order valence-corrected chi connectivity index (χ2v) is 11.7. The van der Waals surface area contributed by atoms with Gasteiger partial charge in [-0.25, -0.2) is 14.4 Å². The second kappa shape index (κ2) is 19.0. The van der Waals surface area contributed by atoms with Crippen molar-refractivity contribution < 1.29 is 38.1 Å². The molecule has 0 bridgehead atoms. The molecule has 0 unspecified atom stereocenters. The summed E-state index contributed by atoms with van der Waals surface area (Å²) < 4.78 is 28.0. The molecule has 0 aliphatic rings. The Morgan fingerprint density at radius 2 is 1.25 bits per heavy atom. The van der Waals surface area contributed by atoms with E-state index >= 15 is 0 Å². The van der Waals surface area contributed by atoms with Crippen molar-refractivity contribution in [3.63, 3.8) is 0 Å². The van der Waals surface area contributed by atoms with E-state index in [1.54, 1.807) is 54.6 Å². The van der Waals surface area contributed by atoms with E-state index in [2.05, 4.69) is 41.0 Å². The number of esters is 3. The van der Waals surface area contributed by atoms with Crippen LogP contribution in [0.3, 0.4) is 0 Å². The molecule has 0 spiro atoms. The van der Waals surface area contributed by atoms with Crippen molar-refractivity contribution in [3.05, 3.63) is 135 Å². The Morgan fingerprint density at radius 1 is 0.688 bits per heavy atom. The lowest BCUT2D eigenvalue weighted by molar-refractivity contribution is 0.0589. The van der Waals surface area contributed by atoms with Gasteiger partial charge in [0, 0.05) is 21.3 Å². The molecule has 0 N–H and O–H groups in total. The van der Waals surface area contributed by atoms with Gasteiger partial charge in [0.25, 0.3) is 0 Å². The summed E-state index contributed by atoms with van der Waals surface area (Å²) in [7, 11) is 1.20. The zero-order valence-electron chi connectivity index (χ0n) is 26.5. The predicted octanol–water partition coefficient (Wildman–Crippen LogP) is 8.06. The van der Waals surface area contributed by atoms with Crippen molar-refractivity contribution in [1.29, 1.82) is 0 Å². The first-order valence-corrected chi connectivity index (χ1v) is 16.4. The van der Waals surface area contributed by atoms with Crippen LogP contribution in [0, 0.1) is 15.4 Å². The van der Waals surface area contributed by atoms with E-state index < -0.39 is 17.9 Å². The molecule has 4 rings (SSSR count). The van der Waals surface area contributed by atoms with E-state index in [1.807, 2.05) is 24.3 Å². The second-order valence-electron chi connectivity index (χ2n) is 10.4. The van der Waals surface area contributed by atoms with Crippen LogP contribution in [0.5, 0.6) is 17.2 Å². The molecular weight excluding hydrogens is 723 g/mol. The normalized spacial score (nSPS) is 10.3. The first kappa shape index (κ1) is 35.9. The van der Waals surface area contributed by atoms with Gasteiger partial charge >= 0.3 is 17.9 Å². The van der Waals surface area contributed by atoms with Gasteiger partial charge in [0.2, 0.25) is 0 Å². The number of unbranched alkanes of at least 4 members (excludes halogenated alkanes) is 3. The monoisotopic (exact) mass is 758 g/mol. The summed E-state index contributed by atoms with van der Waals surface area (Å²) >= 11 is 2.13. The van der Waals surface area contributed by atoms with Gasteiger partial charge in [-0.05, 0) is 133 Å². The van der Waals surface area contributed by atoms with E-state index in [4.69, 9.17) is 23.7 Å². The largest absolute Gasteiger partial charge is 0.494 e. The minimum absolute atomic E-state index is 0.0249. The fourth-order valence-corrected chi connectivity index (χ4v) is 4.69. The molecular formula is C39H35IO8. The van der Waals surface area contributed by atoms with Gasteiger partial charge in [-0.1, -0.05) is 24.3 Å². The Balaban J connectivity index is 1.29. The number of rotatable bonds is 15. The number of methoxy groups -OCH3 is 1. The third-order valence-corrected chi connectivity index (χ3v) is 7.58. The third-order valence-electron chi connectivity index (χ3n) is 6.86. The van der Waals surface area contributed by atoms with Crippen LogP contribution in [-0.2, 0) is 9.47 Å². The molecule has 4 aromatic carbocycles. The molecule has 0 radical (unpaired) electrons. The number of benzene rings is 4. The minimum Gasteiger partial charge on any atom is -0.494 e. The van der Waals surface area contributed by atoms with Crippen molar-refractivity contribution in [3.8, 4) is 29.1 Å². The minimum atomic E-state index is -0.754. The third kappa shape index (κ3) is 11.4. The number of halogens is 1. The van der Waals surface area contributed by atoms with Crippen LogP contribution < -0.4 is 14.2 Å². The van der Waals surface area contributed by atoms with Crippen molar-refractivity contribution in [2.24, 2.45) is 0 Å². The van der Waals surface area contributed by atoms with E-state index in [-0.39, 0.29) is 22.6 Å². The fourth-order valence-electron chi connectivity index (χ4n) is 4.33. The molecule has 0 saturated heterocycles. The van der Waals surface area contributed by atoms with Crippen molar-refractivity contribution >= 4 is 40.5 Å². The van der Waals surface area contributed by atoms with Crippen LogP contribution in [-0.4, -0.2) is 44.8 Å². The lowest BCUT2D eigenvalue weighted by Crippen LogP contribution is -2.13. The topological polar surface area (TPSA) is 97.4 Å². The molecule has 0 saturated carbocycles. The molecule has 0 heterocycles. The zero-order chi connectivity index (χ0) is 34.1. The summed E-state index contributed by atoms with van der Waals surface area (Å²) in [6.45, 7) is 5.66. The smallest absolute Gasteiger partial charge is 0.343 e. The number of carbonyl (C=O) groups is 3. The molecule has 9 heteroatoms. The summed E-state index contributed by atoms with van der Waals surface area (Å²) in [4.78, 5) is 37.9. The number of hydrogen-bond acceptors (Lipinski definition) is 8. The van der Waals surface area contributed by atoms with E-state index in [0.717, 1.165) is 47.2 Å². The number of ether oxygens (including phenoxy) is 5. The molecule has 0 amide bonds. The van der Waals surface area contributed by atoms with E-state index in [0.29, 0.717) is 24.3 Å². The number of carbonyl (C=O) groups excluding carboxylic acids is 3. The lowest BCUT2D eigenvalue weighted by Gasteiger charge is -2.11. The van der Waals surface area contributed by atoms with Gasteiger partial charge in [0.05, 0.1) is 31.5 Å². The van der Waals surface area contributed by atoms with Gasteiger partial charge in [0.15, 0.2) is 0 Å². The molecule has 0 aromatic heterocycles. The van der Waals surface area contributed by atoms with Gasteiger partial charge in [-0.3, -0.25) is 0 Å². The SMILES string of the molecule is C=CCOCCCCCCOc1ccc(C#Cc2ccc(C(=O)Oc3ccc(OC(=O)c4ccc(I)cc4)c(C(=O)OC)c3)cc2)cc1. The van der Waals surface area contributed by atoms with Gasteiger partial charge in [-0.2, -0.15) is 0 Å². The molecule has 48 heavy (non-hydrogen) atoms. The van der Waals surface area contributed by atoms with Crippen molar-refractivity contribution in [2.75, 3.05) is 26.9 Å². The van der Waals surface area contributed by atoms with Crippen LogP contribution in [0.25, 0.3) is 0 Å². The highest BCUT2D eigenvalue weighted by Gasteiger charge is 2.20. The highest BCUT2D eigenvalue weighted by Crippen LogP contribution is 2.27. The first-order valence-electron chi connectivity index (χ1n) is 15.3. The molecule has 246 valence electrons. The molecule has 0 aliphatic carbocycles. The quantitative estimate of drug-likeness (QED) is 0.0300. The lowest BCUT2D eigenvalue weighted by atomic mass is 10.1. The van der Waals surface area contributed by atoms with Crippen molar-refractivity contribution in [2.45, 2.75) is 25.7 Å². The Labute approximate surface area is 294 Å². The molecule has 0 atom stereocenters. The summed E-state index contributed by atoms with van der Waals surface area (Å²) in [6.07, 6.45) is 5.99. The molecule has 8 nitrogen and oxygen atoms in total. The Bertz CT molecular complexity index is 1750. The van der Waals surface area contributed by atoms with Crippen LogP contribution >= 0.6 is 22.6 Å². The maximum Gasteiger partial charge on any atom is 0.343 e. The molecule has 0 aliphatic heterocycles. The average Bonchev–Trinajstić information content (AvgIpc) is 3.11.